The lowest BCUT2D eigenvalue weighted by atomic mass is 10.5. The highest BCUT2D eigenvalue weighted by molar-refractivity contribution is 5.43. The van der Waals surface area contributed by atoms with Gasteiger partial charge in [-0.1, -0.05) is 46.9 Å². The fourth-order valence-electron chi connectivity index (χ4n) is 0.762. The van der Waals surface area contributed by atoms with Crippen LogP contribution in [0.4, 0.5) is 0 Å². The van der Waals surface area contributed by atoms with E-state index >= 15 is 0 Å². The lowest BCUT2D eigenvalue weighted by Crippen LogP contribution is -1.86. The van der Waals surface area contributed by atoms with Crippen molar-refractivity contribution in [2.75, 3.05) is 0 Å². The van der Waals surface area contributed by atoms with Crippen molar-refractivity contribution >= 4 is 12.3 Å². The summed E-state index contributed by atoms with van der Waals surface area (Å²) >= 11 is 0. The van der Waals surface area contributed by atoms with Crippen molar-refractivity contribution < 1.29 is 0 Å². The van der Waals surface area contributed by atoms with Gasteiger partial charge in [0.05, 0.1) is 0 Å². The van der Waals surface area contributed by atoms with Crippen molar-refractivity contribution in [1.82, 2.24) is 9.55 Å². The molecule has 1 rings (SSSR count). The van der Waals surface area contributed by atoms with Crippen LogP contribution in [0, 0.1) is 0 Å². The number of hydrogen-bond donors (Lipinski definition) is 0. The first kappa shape index (κ1) is 15.9. The third-order valence-electron chi connectivity index (χ3n) is 1.26. The molecule has 0 saturated heterocycles. The SMILES string of the molecule is C=C/C=C\n1ccnc1C=C.CC.CC. The van der Waals surface area contributed by atoms with E-state index in [1.165, 1.54) is 0 Å². The monoisotopic (exact) mass is 206 g/mol. The molecule has 0 amide bonds. The molecular formula is C13H22N2. The lowest BCUT2D eigenvalue weighted by molar-refractivity contribution is 1.11. The lowest BCUT2D eigenvalue weighted by Gasteiger charge is -1.93. The van der Waals surface area contributed by atoms with Crippen LogP contribution in [0.3, 0.4) is 0 Å². The van der Waals surface area contributed by atoms with Gasteiger partial charge in [0.15, 0.2) is 0 Å². The standard InChI is InChI=1S/C9H10N2.2C2H6/c1-3-5-7-11-8-6-10-9(11)4-2;2*1-2/h3-8H,1-2H2;2*1-2H3/b7-5-;;. The summed E-state index contributed by atoms with van der Waals surface area (Å²) in [5.41, 5.74) is 0. The van der Waals surface area contributed by atoms with E-state index in [0.29, 0.717) is 0 Å². The molecule has 1 aromatic heterocycles. The van der Waals surface area contributed by atoms with Gasteiger partial charge in [0.2, 0.25) is 0 Å². The molecule has 84 valence electrons. The van der Waals surface area contributed by atoms with Crippen LogP contribution in [0.1, 0.15) is 33.5 Å². The molecule has 0 aliphatic carbocycles. The first-order valence-corrected chi connectivity index (χ1v) is 5.33. The van der Waals surface area contributed by atoms with Crippen LogP contribution in [0.2, 0.25) is 0 Å². The van der Waals surface area contributed by atoms with Crippen LogP contribution in [0.25, 0.3) is 12.3 Å². The van der Waals surface area contributed by atoms with Gasteiger partial charge in [0.1, 0.15) is 5.82 Å². The second kappa shape index (κ2) is 12.4. The van der Waals surface area contributed by atoms with Crippen LogP contribution in [-0.4, -0.2) is 9.55 Å². The highest BCUT2D eigenvalue weighted by Crippen LogP contribution is 1.98. The van der Waals surface area contributed by atoms with Crippen molar-refractivity contribution in [2.24, 2.45) is 0 Å². The zero-order valence-electron chi connectivity index (χ0n) is 10.3. The van der Waals surface area contributed by atoms with E-state index in [-0.39, 0.29) is 0 Å². The molecule has 0 aliphatic rings. The maximum atomic E-state index is 4.05. The van der Waals surface area contributed by atoms with Crippen LogP contribution in [-0.2, 0) is 0 Å². The second-order valence-electron chi connectivity index (χ2n) is 1.97. The largest absolute Gasteiger partial charge is 0.307 e. The quantitative estimate of drug-likeness (QED) is 0.676. The average molecular weight is 206 g/mol. The molecule has 0 aromatic carbocycles. The predicted octanol–water partition coefficient (Wildman–Crippen LogP) is 4.24. The fraction of sp³-hybridized carbons (Fsp3) is 0.308. The van der Waals surface area contributed by atoms with E-state index in [0.717, 1.165) is 5.82 Å². The molecule has 1 heterocycles. The molecular weight excluding hydrogens is 184 g/mol. The Bertz CT molecular complexity index is 282. The van der Waals surface area contributed by atoms with Gasteiger partial charge in [-0.15, -0.1) is 0 Å². The molecule has 0 atom stereocenters. The summed E-state index contributed by atoms with van der Waals surface area (Å²) in [6.07, 6.45) is 10.7. The van der Waals surface area contributed by atoms with E-state index in [1.54, 1.807) is 18.3 Å². The second-order valence-corrected chi connectivity index (χ2v) is 1.97. The fourth-order valence-corrected chi connectivity index (χ4v) is 0.762. The smallest absolute Gasteiger partial charge is 0.136 e. The molecule has 0 fully saturated rings. The summed E-state index contributed by atoms with van der Waals surface area (Å²) in [7, 11) is 0. The maximum Gasteiger partial charge on any atom is 0.136 e. The Morgan fingerprint density at radius 3 is 2.27 bits per heavy atom. The van der Waals surface area contributed by atoms with Gasteiger partial charge in [0.25, 0.3) is 0 Å². The summed E-state index contributed by atoms with van der Waals surface area (Å²) in [5, 5.41) is 0. The first-order valence-electron chi connectivity index (χ1n) is 5.33. The third kappa shape index (κ3) is 6.49. The Kier molecular flexibility index (Phi) is 13.2. The zero-order chi connectivity index (χ0) is 12.1. The summed E-state index contributed by atoms with van der Waals surface area (Å²) in [5.74, 6) is 0.836. The summed E-state index contributed by atoms with van der Waals surface area (Å²) in [6.45, 7) is 15.2. The molecule has 2 heteroatoms. The summed E-state index contributed by atoms with van der Waals surface area (Å²) in [4.78, 5) is 4.05. The van der Waals surface area contributed by atoms with Gasteiger partial charge in [-0.2, -0.15) is 0 Å². The highest BCUT2D eigenvalue weighted by atomic mass is 15.0. The molecule has 0 spiro atoms. The van der Waals surface area contributed by atoms with Crippen molar-refractivity contribution in [3.63, 3.8) is 0 Å². The van der Waals surface area contributed by atoms with Crippen LogP contribution in [0.15, 0.2) is 37.7 Å². The molecule has 0 bridgehead atoms. The Labute approximate surface area is 93.7 Å². The van der Waals surface area contributed by atoms with E-state index in [2.05, 4.69) is 18.1 Å². The third-order valence-corrected chi connectivity index (χ3v) is 1.26. The molecule has 15 heavy (non-hydrogen) atoms. The van der Waals surface area contributed by atoms with Gasteiger partial charge < -0.3 is 4.57 Å². The minimum atomic E-state index is 0.836. The molecule has 0 aliphatic heterocycles. The van der Waals surface area contributed by atoms with E-state index in [1.807, 2.05) is 50.7 Å². The normalized spacial score (nSPS) is 8.27. The molecule has 2 nitrogen and oxygen atoms in total. The van der Waals surface area contributed by atoms with Gasteiger partial charge >= 0.3 is 0 Å². The van der Waals surface area contributed by atoms with Gasteiger partial charge in [-0.05, 0) is 12.2 Å². The number of nitrogens with zero attached hydrogens (tertiary/aromatic N) is 2. The summed E-state index contributed by atoms with van der Waals surface area (Å²) < 4.78 is 1.87. The minimum absolute atomic E-state index is 0.836. The van der Waals surface area contributed by atoms with Gasteiger partial charge in [-0.3, -0.25) is 0 Å². The van der Waals surface area contributed by atoms with Gasteiger partial charge in [0, 0.05) is 18.6 Å². The van der Waals surface area contributed by atoms with Crippen LogP contribution >= 0.6 is 0 Å². The molecule has 0 N–H and O–H groups in total. The Morgan fingerprint density at radius 2 is 1.80 bits per heavy atom. The van der Waals surface area contributed by atoms with E-state index in [9.17, 15) is 0 Å². The number of allylic oxidation sites excluding steroid dienone is 2. The molecule has 1 aromatic rings. The first-order chi connectivity index (χ1) is 7.38. The number of hydrogen-bond acceptors (Lipinski definition) is 1. The zero-order valence-corrected chi connectivity index (χ0v) is 10.3. The number of imidazole rings is 1. The average Bonchev–Trinajstić information content (AvgIpc) is 2.79. The Hall–Kier alpha value is -1.57. The van der Waals surface area contributed by atoms with Gasteiger partial charge in [-0.25, -0.2) is 4.98 Å². The van der Waals surface area contributed by atoms with Crippen molar-refractivity contribution in [3.05, 3.63) is 43.5 Å². The van der Waals surface area contributed by atoms with Crippen LogP contribution in [0.5, 0.6) is 0 Å². The predicted molar refractivity (Wildman–Crippen MR) is 70.5 cm³/mol. The van der Waals surface area contributed by atoms with Crippen molar-refractivity contribution in [3.8, 4) is 0 Å². The topological polar surface area (TPSA) is 17.8 Å². The Morgan fingerprint density at radius 1 is 1.20 bits per heavy atom. The molecule has 0 saturated carbocycles. The van der Waals surface area contributed by atoms with E-state index in [4.69, 9.17) is 0 Å². The Balaban J connectivity index is 0. The minimum Gasteiger partial charge on any atom is -0.307 e. The van der Waals surface area contributed by atoms with Crippen molar-refractivity contribution in [2.45, 2.75) is 27.7 Å². The molecule has 0 radical (unpaired) electrons. The highest BCUT2D eigenvalue weighted by Gasteiger charge is 1.90. The van der Waals surface area contributed by atoms with Crippen molar-refractivity contribution in [1.29, 1.82) is 0 Å². The van der Waals surface area contributed by atoms with Crippen LogP contribution < -0.4 is 0 Å². The number of rotatable bonds is 3. The number of aromatic nitrogens is 2. The maximum absolute atomic E-state index is 4.05. The summed E-state index contributed by atoms with van der Waals surface area (Å²) in [6, 6.07) is 0. The molecule has 0 unspecified atom stereocenters. The van der Waals surface area contributed by atoms with E-state index < -0.39 is 0 Å².